The van der Waals surface area contributed by atoms with Crippen molar-refractivity contribution in [2.24, 2.45) is 5.41 Å². The third kappa shape index (κ3) is 5.25. The highest BCUT2D eigenvalue weighted by atomic mass is 16.4. The molecule has 0 rings (SSSR count). The fraction of sp³-hybridized carbons (Fsp3) is 0.667. The number of urea groups is 1. The Hall–Kier alpha value is -1.70. The number of carbonyl (C=O) groups excluding carboxylic acids is 1. The minimum Gasteiger partial charge on any atom is -0.480 e. The van der Waals surface area contributed by atoms with Crippen LogP contribution in [0.3, 0.4) is 0 Å². The highest BCUT2D eigenvalue weighted by Crippen LogP contribution is 2.19. The molecule has 5 heteroatoms. The van der Waals surface area contributed by atoms with E-state index in [1.54, 1.807) is 34.6 Å². The Morgan fingerprint density at radius 2 is 1.71 bits per heavy atom. The summed E-state index contributed by atoms with van der Waals surface area (Å²) in [4.78, 5) is 22.6. The van der Waals surface area contributed by atoms with E-state index in [9.17, 15) is 9.59 Å². The SMILES string of the molecule is C#CC(C)(C)NC(=O)N[C@H](C(=O)O)C(C)(C)C. The lowest BCUT2D eigenvalue weighted by atomic mass is 9.87. The van der Waals surface area contributed by atoms with Crippen LogP contribution in [0.1, 0.15) is 34.6 Å². The lowest BCUT2D eigenvalue weighted by Gasteiger charge is -2.29. The van der Waals surface area contributed by atoms with Gasteiger partial charge in [0.1, 0.15) is 6.04 Å². The molecule has 2 amide bonds. The minimum absolute atomic E-state index is 0.580. The highest BCUT2D eigenvalue weighted by molar-refractivity contribution is 5.83. The van der Waals surface area contributed by atoms with Crippen LogP contribution in [0.2, 0.25) is 0 Å². The smallest absolute Gasteiger partial charge is 0.326 e. The molecule has 5 nitrogen and oxygen atoms in total. The molecule has 3 N–H and O–H groups in total. The van der Waals surface area contributed by atoms with Crippen LogP contribution in [-0.4, -0.2) is 28.7 Å². The summed E-state index contributed by atoms with van der Waals surface area (Å²) in [7, 11) is 0. The molecule has 0 aromatic carbocycles. The van der Waals surface area contributed by atoms with Crippen molar-refractivity contribution in [2.75, 3.05) is 0 Å². The summed E-state index contributed by atoms with van der Waals surface area (Å²) in [6, 6.07) is -1.56. The van der Waals surface area contributed by atoms with E-state index in [0.29, 0.717) is 0 Å². The number of carboxylic acid groups (broad SMARTS) is 1. The number of amides is 2. The summed E-state index contributed by atoms with van der Waals surface area (Å²) in [6.45, 7) is 8.51. The van der Waals surface area contributed by atoms with Crippen LogP contribution >= 0.6 is 0 Å². The van der Waals surface area contributed by atoms with Gasteiger partial charge in [-0.2, -0.15) is 0 Å². The maximum absolute atomic E-state index is 11.6. The van der Waals surface area contributed by atoms with Crippen LogP contribution in [0, 0.1) is 17.8 Å². The van der Waals surface area contributed by atoms with Crippen LogP contribution in [0.5, 0.6) is 0 Å². The number of rotatable bonds is 3. The van der Waals surface area contributed by atoms with Gasteiger partial charge in [-0.25, -0.2) is 9.59 Å². The average Bonchev–Trinajstić information content (AvgIpc) is 2.11. The molecule has 17 heavy (non-hydrogen) atoms. The van der Waals surface area contributed by atoms with Crippen LogP contribution in [-0.2, 0) is 4.79 Å². The molecule has 96 valence electrons. The Labute approximate surface area is 102 Å². The Kier molecular flexibility index (Phi) is 4.58. The standard InChI is InChI=1S/C12H20N2O3/c1-7-12(5,6)14-10(17)13-8(9(15)16)11(2,3)4/h1,8H,2-6H3,(H,15,16)(H2,13,14,17)/t8-/m1/s1. The van der Waals surface area contributed by atoms with Gasteiger partial charge in [-0.1, -0.05) is 26.7 Å². The number of carboxylic acids is 1. The van der Waals surface area contributed by atoms with Gasteiger partial charge in [0.2, 0.25) is 0 Å². The molecule has 0 aliphatic rings. The molecule has 0 radical (unpaired) electrons. The van der Waals surface area contributed by atoms with Crippen molar-refractivity contribution in [3.05, 3.63) is 0 Å². The van der Waals surface area contributed by atoms with Crippen molar-refractivity contribution in [1.29, 1.82) is 0 Å². The lowest BCUT2D eigenvalue weighted by Crippen LogP contribution is -2.55. The Morgan fingerprint density at radius 1 is 1.24 bits per heavy atom. The topological polar surface area (TPSA) is 78.4 Å². The summed E-state index contributed by atoms with van der Waals surface area (Å²) in [6.07, 6.45) is 5.22. The molecule has 0 saturated heterocycles. The largest absolute Gasteiger partial charge is 0.480 e. The van der Waals surface area contributed by atoms with Gasteiger partial charge in [-0.15, -0.1) is 6.42 Å². The second kappa shape index (κ2) is 5.09. The van der Waals surface area contributed by atoms with Gasteiger partial charge in [0.25, 0.3) is 0 Å². The van der Waals surface area contributed by atoms with E-state index in [1.165, 1.54) is 0 Å². The van der Waals surface area contributed by atoms with Crippen molar-refractivity contribution < 1.29 is 14.7 Å². The highest BCUT2D eigenvalue weighted by Gasteiger charge is 2.33. The van der Waals surface area contributed by atoms with Crippen molar-refractivity contribution in [2.45, 2.75) is 46.2 Å². The fourth-order valence-electron chi connectivity index (χ4n) is 1.14. The van der Waals surface area contributed by atoms with Gasteiger partial charge in [0.05, 0.1) is 5.54 Å². The summed E-state index contributed by atoms with van der Waals surface area (Å²) in [5.74, 6) is 1.32. The van der Waals surface area contributed by atoms with Crippen LogP contribution < -0.4 is 10.6 Å². The zero-order chi connectivity index (χ0) is 13.9. The number of aliphatic carboxylic acids is 1. The first-order valence-electron chi connectivity index (χ1n) is 5.29. The van der Waals surface area contributed by atoms with Crippen LogP contribution in [0.4, 0.5) is 4.79 Å². The normalized spacial score (nSPS) is 13.4. The lowest BCUT2D eigenvalue weighted by molar-refractivity contribution is -0.141. The first-order valence-corrected chi connectivity index (χ1v) is 5.29. The van der Waals surface area contributed by atoms with Crippen molar-refractivity contribution in [1.82, 2.24) is 10.6 Å². The molecule has 1 atom stereocenters. The molecule has 0 aliphatic carbocycles. The first-order chi connectivity index (χ1) is 7.49. The van der Waals surface area contributed by atoms with Gasteiger partial charge in [-0.05, 0) is 19.3 Å². The van der Waals surface area contributed by atoms with Crippen molar-refractivity contribution in [3.63, 3.8) is 0 Å². The number of terminal acetylenes is 1. The fourth-order valence-corrected chi connectivity index (χ4v) is 1.14. The van der Waals surface area contributed by atoms with Crippen molar-refractivity contribution in [3.8, 4) is 12.3 Å². The molecule has 0 bridgehead atoms. The van der Waals surface area contributed by atoms with Crippen molar-refractivity contribution >= 4 is 12.0 Å². The average molecular weight is 240 g/mol. The molecule has 0 aromatic rings. The maximum atomic E-state index is 11.6. The Balaban J connectivity index is 4.67. The summed E-state index contributed by atoms with van der Waals surface area (Å²) < 4.78 is 0. The monoisotopic (exact) mass is 240 g/mol. The van der Waals surface area contributed by atoms with Crippen LogP contribution in [0.25, 0.3) is 0 Å². The van der Waals surface area contributed by atoms with E-state index in [0.717, 1.165) is 0 Å². The quantitative estimate of drug-likeness (QED) is 0.648. The zero-order valence-corrected chi connectivity index (χ0v) is 10.9. The second-order valence-electron chi connectivity index (χ2n) is 5.51. The minimum atomic E-state index is -1.08. The molecule has 0 aromatic heterocycles. The zero-order valence-electron chi connectivity index (χ0n) is 10.9. The summed E-state index contributed by atoms with van der Waals surface area (Å²) in [5, 5.41) is 13.9. The van der Waals surface area contributed by atoms with Gasteiger partial charge in [0.15, 0.2) is 0 Å². The van der Waals surface area contributed by atoms with E-state index < -0.39 is 29.0 Å². The number of hydrogen-bond donors (Lipinski definition) is 3. The predicted molar refractivity (Wildman–Crippen MR) is 65.5 cm³/mol. The second-order valence-corrected chi connectivity index (χ2v) is 5.51. The Bertz CT molecular complexity index is 348. The third-order valence-electron chi connectivity index (χ3n) is 2.18. The van der Waals surface area contributed by atoms with E-state index in [4.69, 9.17) is 11.5 Å². The Morgan fingerprint density at radius 3 is 2.00 bits per heavy atom. The van der Waals surface area contributed by atoms with E-state index in [1.807, 2.05) is 0 Å². The number of carbonyl (C=O) groups is 2. The maximum Gasteiger partial charge on any atom is 0.326 e. The number of hydrogen-bond acceptors (Lipinski definition) is 2. The van der Waals surface area contributed by atoms with E-state index in [-0.39, 0.29) is 0 Å². The third-order valence-corrected chi connectivity index (χ3v) is 2.18. The van der Waals surface area contributed by atoms with Gasteiger partial charge in [0, 0.05) is 0 Å². The van der Waals surface area contributed by atoms with Gasteiger partial charge < -0.3 is 15.7 Å². The predicted octanol–water partition coefficient (Wildman–Crippen LogP) is 1.20. The molecule has 0 aliphatic heterocycles. The van der Waals surface area contributed by atoms with Gasteiger partial charge in [-0.3, -0.25) is 0 Å². The summed E-state index contributed by atoms with van der Waals surface area (Å²) in [5.41, 5.74) is -1.39. The molecule has 0 saturated carbocycles. The molecule has 0 heterocycles. The molecular formula is C12H20N2O3. The van der Waals surface area contributed by atoms with E-state index >= 15 is 0 Å². The summed E-state index contributed by atoms with van der Waals surface area (Å²) >= 11 is 0. The van der Waals surface area contributed by atoms with Crippen LogP contribution in [0.15, 0.2) is 0 Å². The first kappa shape index (κ1) is 15.3. The molecular weight excluding hydrogens is 220 g/mol. The molecule has 0 fully saturated rings. The molecule has 0 spiro atoms. The number of nitrogens with one attached hydrogen (secondary N) is 2. The molecule has 0 unspecified atom stereocenters. The van der Waals surface area contributed by atoms with E-state index in [2.05, 4.69) is 16.6 Å². The van der Waals surface area contributed by atoms with Gasteiger partial charge >= 0.3 is 12.0 Å².